The van der Waals surface area contributed by atoms with Gasteiger partial charge in [0.15, 0.2) is 0 Å². The van der Waals surface area contributed by atoms with Gasteiger partial charge in [-0.3, -0.25) is 0 Å². The number of hydrogen-bond donors (Lipinski definition) is 0. The molecule has 0 radical (unpaired) electrons. The summed E-state index contributed by atoms with van der Waals surface area (Å²) < 4.78 is 299. The number of hydrogen-bond acceptors (Lipinski definition) is 40. The van der Waals surface area contributed by atoms with Crippen LogP contribution in [0.25, 0.3) is 0 Å². The van der Waals surface area contributed by atoms with Gasteiger partial charge in [0, 0.05) is 0 Å². The molecule has 4 aliphatic heterocycles. The third-order valence-electron chi connectivity index (χ3n) is 2.00. The summed E-state index contributed by atoms with van der Waals surface area (Å²) in [5.41, 5.74) is 0. The van der Waals surface area contributed by atoms with Gasteiger partial charge in [0.25, 0.3) is 0 Å². The molecule has 4 saturated heterocycles. The Hall–Kier alpha value is 5.31. The molecule has 4 rings (SSSR count). The van der Waals surface area contributed by atoms with Gasteiger partial charge in [0.05, 0.1) is 0 Å². The first kappa shape index (κ1) is 67.9. The van der Waals surface area contributed by atoms with Crippen LogP contribution in [0.2, 0.25) is 0 Å². The van der Waals surface area contributed by atoms with Crippen LogP contribution in [-0.4, -0.2) is 0 Å². The van der Waals surface area contributed by atoms with E-state index in [0.717, 1.165) is 0 Å². The number of phosphoric acid groups is 1. The molecule has 56 heteroatoms. The zero-order valence-corrected chi connectivity index (χ0v) is 63.1. The molecular weight excluding hydrogens is 3200 g/mol. The average Bonchev–Trinajstić information content (AvgIpc) is 2.57. The molecule has 0 saturated carbocycles. The van der Waals surface area contributed by atoms with Crippen LogP contribution in [0.5, 0.6) is 0 Å². The SMILES string of the molecule is O=P([O-])([O-])[O-].[Ag+].[Ag+].[Ag+].[O]=[W]1(=[O])[O][W](=[O])(=[O])[O][W](=[O])(=[O])[O]1.[O]=[W]1(=[O])[O][W](=[O])(=[O])[O][W](=[O])(=[O])[O]1.[O]=[W]1(=[O])[O][W](=[O])(=[O])[O][W](=[O])(=[O])[O]1.[O]=[W]1(=[O])[O][W](=[O])(=[O])[O][W](=[O])(=[O])[O]1. The van der Waals surface area contributed by atoms with Crippen molar-refractivity contribution in [3.05, 3.63) is 0 Å². The van der Waals surface area contributed by atoms with Crippen LogP contribution in [0.4, 0.5) is 0 Å². The molecule has 0 amide bonds. The molecule has 0 N–H and O–H groups in total. The van der Waals surface area contributed by atoms with Crippen molar-refractivity contribution in [2.75, 3.05) is 0 Å². The van der Waals surface area contributed by atoms with Crippen molar-refractivity contribution in [1.29, 1.82) is 0 Å². The van der Waals surface area contributed by atoms with E-state index in [1.807, 2.05) is 0 Å². The Morgan fingerprint density at radius 1 is 0.214 bits per heavy atom. The van der Waals surface area contributed by atoms with Gasteiger partial charge in [0.2, 0.25) is 0 Å². The van der Waals surface area contributed by atoms with Crippen molar-refractivity contribution >= 4 is 7.82 Å². The molecule has 350 valence electrons. The van der Waals surface area contributed by atoms with Gasteiger partial charge >= 0.3 is 374 Å². The Bertz CT molecular complexity index is 2040. The van der Waals surface area contributed by atoms with E-state index < -0.39 is 209 Å². The van der Waals surface area contributed by atoms with Crippen molar-refractivity contribution in [2.24, 2.45) is 0 Å². The Kier molecular flexibility index (Phi) is 28.3. The van der Waals surface area contributed by atoms with E-state index in [1.165, 1.54) is 0 Å². The summed E-state index contributed by atoms with van der Waals surface area (Å²) in [6.07, 6.45) is 0. The first-order valence-corrected chi connectivity index (χ1v) is 67.7. The van der Waals surface area contributed by atoms with Gasteiger partial charge in [-0.2, -0.15) is 7.82 Å². The monoisotopic (exact) mass is 3200 g/mol. The van der Waals surface area contributed by atoms with Gasteiger partial charge in [0.1, 0.15) is 0 Å². The fourth-order valence-electron chi connectivity index (χ4n) is 1.36. The molecule has 0 aromatic carbocycles. The van der Waals surface area contributed by atoms with Gasteiger partial charge in [-0.05, 0) is 0 Å². The molecule has 0 bridgehead atoms. The third-order valence-corrected chi connectivity index (χ3v) is 134. The van der Waals surface area contributed by atoms with E-state index in [1.54, 1.807) is 0 Å². The van der Waals surface area contributed by atoms with Gasteiger partial charge in [-0.25, -0.2) is 0 Å². The standard InChI is InChI=1S/3Ag.H3O4P.36O.12W/c;;;1-5(2,3)4;;;;;;;;;;;;;;;;;;;;;;;;;;;;;;;;;;;;;;;;;;;;;;;;/h;;;(H3,1,2,3,4);;;;;;;;;;;;;;;;;;;;;;;;;;;;;;;;;;;;;;;;;;;;;;;;/q3*+1;;;;;;;;;;;;;;;;;;;;;;;;;;;;;;;;;;;;;;;;;;;;;;;;;/p-3. The molecule has 4 fully saturated rings. The van der Waals surface area contributed by atoms with E-state index in [4.69, 9.17) is 19.2 Å². The van der Waals surface area contributed by atoms with Crippen LogP contribution in [0.1, 0.15) is 0 Å². The predicted octanol–water partition coefficient (Wildman–Crippen LogP) is -6.53. The molecule has 0 aromatic rings. The third kappa shape index (κ3) is 33.7. The second-order valence-electron chi connectivity index (χ2n) is 6.16. The second-order valence-corrected chi connectivity index (χ2v) is 96.1. The molecule has 0 aliphatic carbocycles. The van der Waals surface area contributed by atoms with E-state index in [-0.39, 0.29) is 67.1 Å². The Morgan fingerprint density at radius 3 is 0.286 bits per heavy atom. The van der Waals surface area contributed by atoms with Crippen LogP contribution in [0, 0.1) is 0 Å². The second kappa shape index (κ2) is 23.4. The molecule has 0 aromatic heterocycles. The summed E-state index contributed by atoms with van der Waals surface area (Å²) in [4.78, 5) is 25.6. The minimum absolute atomic E-state index is 0. The summed E-state index contributed by atoms with van der Waals surface area (Å²) in [5, 5.41) is 0. The van der Waals surface area contributed by atoms with Crippen LogP contribution < -0.4 is 14.7 Å². The quantitative estimate of drug-likeness (QED) is 0.161. The molecule has 0 unspecified atom stereocenters. The van der Waals surface area contributed by atoms with Crippen molar-refractivity contribution < 1.29 is 393 Å². The van der Waals surface area contributed by atoms with E-state index in [9.17, 15) is 81.5 Å². The predicted molar refractivity (Wildman–Crippen MR) is 37.1 cm³/mol. The maximum absolute atomic E-state index is 10.4. The first-order valence-electron chi connectivity index (χ1n) is 8.73. The Balaban J connectivity index is -0.000000304. The van der Waals surface area contributed by atoms with Gasteiger partial charge < -0.3 is 19.2 Å². The normalized spacial score (nSPS) is 27.6. The first-order chi connectivity index (χ1) is 22.5. The minimum atomic E-state index is -6.26. The molecule has 40 nitrogen and oxygen atoms in total. The van der Waals surface area contributed by atoms with E-state index in [0.29, 0.717) is 0 Å². The average molecular weight is 3200 g/mol. The van der Waals surface area contributed by atoms with Crippen LogP contribution in [0.3, 0.4) is 0 Å². The van der Waals surface area contributed by atoms with Gasteiger partial charge in [-0.15, -0.1) is 0 Å². The Morgan fingerprint density at radius 2 is 0.250 bits per heavy atom. The van der Waals surface area contributed by atoms with Crippen molar-refractivity contribution in [1.82, 2.24) is 0 Å². The topological polar surface area (TPSA) is 607 Å². The molecule has 4 heterocycles. The molecular formula is Ag3O40PW12. The zero-order chi connectivity index (χ0) is 43.0. The summed E-state index contributed by atoms with van der Waals surface area (Å²) in [7, 11) is -5.39. The molecule has 0 spiro atoms. The fraction of sp³-hybridized carbons (Fsp3) is 0. The van der Waals surface area contributed by atoms with Crippen molar-refractivity contribution in [3.63, 3.8) is 0 Å². The van der Waals surface area contributed by atoms with Crippen molar-refractivity contribution in [2.45, 2.75) is 0 Å². The Labute approximate surface area is 392 Å². The molecule has 4 aliphatic rings. The summed E-state index contributed by atoms with van der Waals surface area (Å²) in [5.74, 6) is 0. The van der Waals surface area contributed by atoms with E-state index in [2.05, 4.69) is 24.5 Å². The fourth-order valence-corrected chi connectivity index (χ4v) is 157. The molecule has 56 heavy (non-hydrogen) atoms. The maximum atomic E-state index is 10.4. The van der Waals surface area contributed by atoms with Gasteiger partial charge in [-0.1, -0.05) is 0 Å². The molecule has 0 atom stereocenters. The zero-order valence-electron chi connectivity index (χ0n) is 22.6. The van der Waals surface area contributed by atoms with Crippen molar-refractivity contribution in [3.8, 4) is 0 Å². The van der Waals surface area contributed by atoms with E-state index >= 15 is 0 Å². The summed E-state index contributed by atoms with van der Waals surface area (Å²) >= 11 is -75.1. The number of rotatable bonds is 0. The van der Waals surface area contributed by atoms with Crippen LogP contribution >= 0.6 is 7.82 Å². The summed E-state index contributed by atoms with van der Waals surface area (Å²) in [6, 6.07) is 0. The van der Waals surface area contributed by atoms with Crippen LogP contribution in [-0.2, 0) is 379 Å². The van der Waals surface area contributed by atoms with Crippen LogP contribution in [0.15, 0.2) is 0 Å². The summed E-state index contributed by atoms with van der Waals surface area (Å²) in [6.45, 7) is 0.